The average molecular weight is 395 g/mol. The molecule has 0 spiro atoms. The molecule has 6 nitrogen and oxygen atoms in total. The number of hydrogen-bond donors (Lipinski definition) is 1. The molecule has 2 aromatic rings. The molecule has 1 amide bonds. The van der Waals surface area contributed by atoms with Gasteiger partial charge in [0.05, 0.1) is 17.9 Å². The Labute approximate surface area is 162 Å². The van der Waals surface area contributed by atoms with Crippen LogP contribution in [0.1, 0.15) is 26.7 Å². The predicted molar refractivity (Wildman–Crippen MR) is 103 cm³/mol. The average Bonchev–Trinajstić information content (AvgIpc) is 3.27. The molecule has 140 valence electrons. The number of rotatable bonds is 7. The minimum absolute atomic E-state index is 0.00258. The van der Waals surface area contributed by atoms with Crippen molar-refractivity contribution in [1.82, 2.24) is 20.1 Å². The normalized spacial score (nSPS) is 18.0. The zero-order chi connectivity index (χ0) is 18.5. The van der Waals surface area contributed by atoms with Crippen LogP contribution in [0.3, 0.4) is 0 Å². The fourth-order valence-corrected chi connectivity index (χ4v) is 3.88. The Bertz CT molecular complexity index is 744. The van der Waals surface area contributed by atoms with Crippen molar-refractivity contribution in [2.45, 2.75) is 49.7 Å². The second kappa shape index (κ2) is 8.88. The molecular weight excluding hydrogens is 372 g/mol. The van der Waals surface area contributed by atoms with Gasteiger partial charge in [0.15, 0.2) is 11.0 Å². The second-order valence-electron chi connectivity index (χ2n) is 6.21. The fourth-order valence-electron chi connectivity index (χ4n) is 2.87. The summed E-state index contributed by atoms with van der Waals surface area (Å²) in [6.07, 6.45) is 2.24. The summed E-state index contributed by atoms with van der Waals surface area (Å²) in [6, 6.07) is 7.54. The Hall–Kier alpha value is -1.57. The van der Waals surface area contributed by atoms with Crippen LogP contribution in [0.2, 0.25) is 5.02 Å². The number of halogens is 1. The van der Waals surface area contributed by atoms with Gasteiger partial charge in [-0.2, -0.15) is 0 Å². The van der Waals surface area contributed by atoms with Crippen molar-refractivity contribution in [2.75, 3.05) is 13.2 Å². The summed E-state index contributed by atoms with van der Waals surface area (Å²) in [6.45, 7) is 5.87. The van der Waals surface area contributed by atoms with Crippen LogP contribution in [0, 0.1) is 0 Å². The summed E-state index contributed by atoms with van der Waals surface area (Å²) in [5.41, 5.74) is 0.942. The van der Waals surface area contributed by atoms with Crippen LogP contribution in [0.5, 0.6) is 0 Å². The van der Waals surface area contributed by atoms with E-state index in [0.717, 1.165) is 36.0 Å². The molecule has 2 heterocycles. The number of amides is 1. The summed E-state index contributed by atoms with van der Waals surface area (Å²) >= 11 is 7.42. The molecule has 2 atom stereocenters. The van der Waals surface area contributed by atoms with Crippen LogP contribution in [-0.4, -0.2) is 45.2 Å². The van der Waals surface area contributed by atoms with Gasteiger partial charge in [0.2, 0.25) is 5.91 Å². The molecule has 3 rings (SSSR count). The largest absolute Gasteiger partial charge is 0.376 e. The van der Waals surface area contributed by atoms with Crippen molar-refractivity contribution in [3.8, 4) is 11.4 Å². The van der Waals surface area contributed by atoms with E-state index in [9.17, 15) is 4.79 Å². The Morgan fingerprint density at radius 3 is 2.85 bits per heavy atom. The summed E-state index contributed by atoms with van der Waals surface area (Å²) in [5.74, 6) is 0.764. The first-order chi connectivity index (χ1) is 12.6. The van der Waals surface area contributed by atoms with Gasteiger partial charge in [0.1, 0.15) is 0 Å². The lowest BCUT2D eigenvalue weighted by molar-refractivity contribution is -0.120. The number of hydrogen-bond acceptors (Lipinski definition) is 5. The third kappa shape index (κ3) is 4.58. The molecule has 1 aliphatic rings. The Kier molecular flexibility index (Phi) is 6.56. The quantitative estimate of drug-likeness (QED) is 0.729. The molecule has 0 saturated carbocycles. The highest BCUT2D eigenvalue weighted by atomic mass is 35.5. The van der Waals surface area contributed by atoms with E-state index >= 15 is 0 Å². The number of aromatic nitrogens is 3. The van der Waals surface area contributed by atoms with Gasteiger partial charge < -0.3 is 10.1 Å². The van der Waals surface area contributed by atoms with Gasteiger partial charge in [-0.3, -0.25) is 9.36 Å². The van der Waals surface area contributed by atoms with Crippen molar-refractivity contribution in [1.29, 1.82) is 0 Å². The van der Waals surface area contributed by atoms with Gasteiger partial charge in [0, 0.05) is 23.7 Å². The number of benzene rings is 1. The smallest absolute Gasteiger partial charge is 0.233 e. The molecule has 1 aromatic heterocycles. The van der Waals surface area contributed by atoms with Crippen molar-refractivity contribution in [3.05, 3.63) is 29.3 Å². The van der Waals surface area contributed by atoms with Crippen LogP contribution in [0.25, 0.3) is 11.4 Å². The minimum atomic E-state index is -0.250. The zero-order valence-electron chi connectivity index (χ0n) is 14.9. The van der Waals surface area contributed by atoms with Crippen molar-refractivity contribution < 1.29 is 9.53 Å². The van der Waals surface area contributed by atoms with Gasteiger partial charge in [-0.05, 0) is 51.0 Å². The van der Waals surface area contributed by atoms with Crippen LogP contribution in [-0.2, 0) is 16.1 Å². The van der Waals surface area contributed by atoms with Crippen LogP contribution < -0.4 is 5.32 Å². The summed E-state index contributed by atoms with van der Waals surface area (Å²) in [5, 5.41) is 12.7. The molecule has 0 radical (unpaired) electrons. The Morgan fingerprint density at radius 2 is 2.19 bits per heavy atom. The topological polar surface area (TPSA) is 69.0 Å². The lowest BCUT2D eigenvalue weighted by Gasteiger charge is -2.16. The van der Waals surface area contributed by atoms with Crippen LogP contribution in [0.15, 0.2) is 29.4 Å². The lowest BCUT2D eigenvalue weighted by atomic mass is 10.2. The monoisotopic (exact) mass is 394 g/mol. The summed E-state index contributed by atoms with van der Waals surface area (Å²) < 4.78 is 7.85. The van der Waals surface area contributed by atoms with Gasteiger partial charge in [-0.15, -0.1) is 10.2 Å². The van der Waals surface area contributed by atoms with E-state index in [4.69, 9.17) is 16.3 Å². The van der Waals surface area contributed by atoms with Crippen LogP contribution >= 0.6 is 23.4 Å². The Balaban J connectivity index is 1.88. The SMILES string of the molecule is CCNC(=O)[C@H](C)Sc1nnc(-c2ccc(Cl)cc2)n1C[C@@H]1CCCO1. The van der Waals surface area contributed by atoms with Crippen molar-refractivity contribution in [3.63, 3.8) is 0 Å². The van der Waals surface area contributed by atoms with Crippen molar-refractivity contribution >= 4 is 29.3 Å². The number of carbonyl (C=O) groups excluding carboxylic acids is 1. The number of thioether (sulfide) groups is 1. The molecular formula is C18H23ClN4O2S. The molecule has 1 saturated heterocycles. The van der Waals surface area contributed by atoms with E-state index < -0.39 is 0 Å². The van der Waals surface area contributed by atoms with E-state index in [1.54, 1.807) is 0 Å². The molecule has 26 heavy (non-hydrogen) atoms. The molecule has 0 bridgehead atoms. The third-order valence-corrected chi connectivity index (χ3v) is 5.56. The van der Waals surface area contributed by atoms with Gasteiger partial charge in [-0.25, -0.2) is 0 Å². The first-order valence-electron chi connectivity index (χ1n) is 8.83. The number of carbonyl (C=O) groups is 1. The highest BCUT2D eigenvalue weighted by Gasteiger charge is 2.24. The molecule has 1 N–H and O–H groups in total. The van der Waals surface area contributed by atoms with Gasteiger partial charge >= 0.3 is 0 Å². The summed E-state index contributed by atoms with van der Waals surface area (Å²) in [4.78, 5) is 12.1. The molecule has 1 aromatic carbocycles. The number of ether oxygens (including phenoxy) is 1. The maximum absolute atomic E-state index is 12.1. The zero-order valence-corrected chi connectivity index (χ0v) is 16.5. The molecule has 1 aliphatic heterocycles. The van der Waals surface area contributed by atoms with Gasteiger partial charge in [-0.1, -0.05) is 23.4 Å². The second-order valence-corrected chi connectivity index (χ2v) is 7.96. The van der Waals surface area contributed by atoms with Crippen LogP contribution in [0.4, 0.5) is 0 Å². The molecule has 0 aliphatic carbocycles. The lowest BCUT2D eigenvalue weighted by Crippen LogP contribution is -2.30. The van der Waals surface area contributed by atoms with E-state index in [2.05, 4.69) is 20.1 Å². The maximum atomic E-state index is 12.1. The number of nitrogens with one attached hydrogen (secondary N) is 1. The summed E-state index contributed by atoms with van der Waals surface area (Å²) in [7, 11) is 0. The highest BCUT2D eigenvalue weighted by molar-refractivity contribution is 8.00. The molecule has 1 fully saturated rings. The van der Waals surface area contributed by atoms with E-state index in [-0.39, 0.29) is 17.3 Å². The fraction of sp³-hybridized carbons (Fsp3) is 0.500. The van der Waals surface area contributed by atoms with Gasteiger partial charge in [0.25, 0.3) is 0 Å². The molecule has 0 unspecified atom stereocenters. The first-order valence-corrected chi connectivity index (χ1v) is 10.1. The van der Waals surface area contributed by atoms with E-state index in [1.165, 1.54) is 11.8 Å². The third-order valence-electron chi connectivity index (χ3n) is 4.23. The number of nitrogens with zero attached hydrogens (tertiary/aromatic N) is 3. The standard InChI is InChI=1S/C18H23ClN4O2S/c1-3-20-17(24)12(2)26-18-22-21-16(13-6-8-14(19)9-7-13)23(18)11-15-5-4-10-25-15/h6-9,12,15H,3-5,10-11H2,1-2H3,(H,20,24)/t12-,15-/m0/s1. The first kappa shape index (κ1) is 19.2. The predicted octanol–water partition coefficient (Wildman–Crippen LogP) is 3.39. The van der Waals surface area contributed by atoms with E-state index in [1.807, 2.05) is 38.1 Å². The Morgan fingerprint density at radius 1 is 1.42 bits per heavy atom. The van der Waals surface area contributed by atoms with Crippen molar-refractivity contribution in [2.24, 2.45) is 0 Å². The maximum Gasteiger partial charge on any atom is 0.233 e. The molecule has 8 heteroatoms. The minimum Gasteiger partial charge on any atom is -0.376 e. The van der Waals surface area contributed by atoms with E-state index in [0.29, 0.717) is 18.1 Å². The highest BCUT2D eigenvalue weighted by Crippen LogP contribution is 2.29.